The average molecular weight is 615 g/mol. The summed E-state index contributed by atoms with van der Waals surface area (Å²) in [7, 11) is 4.21. The van der Waals surface area contributed by atoms with Crippen molar-refractivity contribution < 1.29 is 38.4 Å². The summed E-state index contributed by atoms with van der Waals surface area (Å²) in [6.07, 6.45) is 0. The number of methoxy groups -OCH3 is 3. The molecule has 1 unspecified atom stereocenters. The first-order valence-electron chi connectivity index (χ1n) is 13.5. The molecule has 1 aliphatic rings. The molecule has 2 heterocycles. The van der Waals surface area contributed by atoms with E-state index in [1.807, 2.05) is 37.3 Å². The van der Waals surface area contributed by atoms with Gasteiger partial charge in [-0.15, -0.1) is 0 Å². The fourth-order valence-corrected chi connectivity index (χ4v) is 6.00. The van der Waals surface area contributed by atoms with E-state index in [2.05, 4.69) is 4.98 Å². The fraction of sp³-hybridized carbons (Fsp3) is 0.212. The number of aliphatic hydroxyl groups excluding tert-OH is 1. The zero-order chi connectivity index (χ0) is 31.5. The number of ether oxygens (including phenoxy) is 4. The summed E-state index contributed by atoms with van der Waals surface area (Å²) in [5.41, 5.74) is 2.69. The lowest BCUT2D eigenvalue weighted by molar-refractivity contribution is -0.132. The SMILES string of the molecule is COC(=O)c1sc(N2C(=O)C(=O)/C(=C(/O)c3ccc(OCc4ccccc4)c(C)c3)C2c2ccc(OC)c(OC)c2)nc1C. The standard InChI is InChI=1S/C33H30N2O8S/c1-18-15-22(12-13-23(18)43-17-20-9-7-6-8-10-20)28(36)26-27(21-11-14-24(40-3)25(16-21)41-4)35(31(38)29(26)37)33-34-19(2)30(44-33)32(39)42-5/h6-16,27,36H,17H2,1-5H3/b28-26+. The number of amides is 1. The maximum atomic E-state index is 13.7. The minimum atomic E-state index is -1.10. The molecule has 0 bridgehead atoms. The molecule has 3 aromatic carbocycles. The van der Waals surface area contributed by atoms with Gasteiger partial charge < -0.3 is 24.1 Å². The van der Waals surface area contributed by atoms with Crippen LogP contribution in [0.1, 0.15) is 43.7 Å². The molecule has 0 spiro atoms. The lowest BCUT2D eigenvalue weighted by Gasteiger charge is -2.24. The van der Waals surface area contributed by atoms with Crippen molar-refractivity contribution in [3.63, 3.8) is 0 Å². The van der Waals surface area contributed by atoms with Crippen LogP contribution in [-0.2, 0) is 20.9 Å². The van der Waals surface area contributed by atoms with Gasteiger partial charge in [0.05, 0.1) is 38.6 Å². The van der Waals surface area contributed by atoms with E-state index in [9.17, 15) is 19.5 Å². The van der Waals surface area contributed by atoms with Crippen LogP contribution in [0.2, 0.25) is 0 Å². The number of hydrogen-bond donors (Lipinski definition) is 1. The van der Waals surface area contributed by atoms with Crippen molar-refractivity contribution in [1.82, 2.24) is 4.98 Å². The first kappa shape index (κ1) is 30.3. The Hall–Kier alpha value is -5.16. The number of carbonyl (C=O) groups excluding carboxylic acids is 3. The molecule has 1 fully saturated rings. The average Bonchev–Trinajstić information content (AvgIpc) is 3.55. The highest BCUT2D eigenvalue weighted by atomic mass is 32.1. The number of esters is 1. The van der Waals surface area contributed by atoms with Gasteiger partial charge in [-0.2, -0.15) is 0 Å². The van der Waals surface area contributed by atoms with Gasteiger partial charge in [-0.25, -0.2) is 9.78 Å². The van der Waals surface area contributed by atoms with Gasteiger partial charge in [0, 0.05) is 5.56 Å². The molecule has 0 radical (unpaired) electrons. The fourth-order valence-electron chi connectivity index (χ4n) is 4.98. The van der Waals surface area contributed by atoms with Crippen LogP contribution < -0.4 is 19.1 Å². The van der Waals surface area contributed by atoms with Gasteiger partial charge in [-0.05, 0) is 60.9 Å². The van der Waals surface area contributed by atoms with E-state index in [-0.39, 0.29) is 21.3 Å². The lowest BCUT2D eigenvalue weighted by atomic mass is 9.94. The second-order valence-corrected chi connectivity index (χ2v) is 10.9. The van der Waals surface area contributed by atoms with Crippen molar-refractivity contribution >= 4 is 39.9 Å². The first-order chi connectivity index (χ1) is 21.2. The van der Waals surface area contributed by atoms with E-state index < -0.39 is 23.7 Å². The van der Waals surface area contributed by atoms with Crippen molar-refractivity contribution in [2.45, 2.75) is 26.5 Å². The number of aliphatic hydroxyl groups is 1. The Bertz CT molecular complexity index is 1780. The van der Waals surface area contributed by atoms with Crippen molar-refractivity contribution in [3.05, 3.63) is 105 Å². The second kappa shape index (κ2) is 12.6. The molecule has 1 aliphatic heterocycles. The molecule has 1 atom stereocenters. The first-order valence-corrected chi connectivity index (χ1v) is 14.4. The molecule has 44 heavy (non-hydrogen) atoms. The molecular formula is C33H30N2O8S. The second-order valence-electron chi connectivity index (χ2n) is 9.94. The van der Waals surface area contributed by atoms with Crippen LogP contribution in [0.5, 0.6) is 17.2 Å². The van der Waals surface area contributed by atoms with Crippen molar-refractivity contribution in [1.29, 1.82) is 0 Å². The maximum absolute atomic E-state index is 13.7. The van der Waals surface area contributed by atoms with Crippen molar-refractivity contribution in [3.8, 4) is 17.2 Å². The van der Waals surface area contributed by atoms with Gasteiger partial charge >= 0.3 is 11.9 Å². The number of nitrogens with zero attached hydrogens (tertiary/aromatic N) is 2. The number of aromatic nitrogens is 1. The van der Waals surface area contributed by atoms with Gasteiger partial charge in [0.15, 0.2) is 16.6 Å². The van der Waals surface area contributed by atoms with Gasteiger partial charge in [-0.1, -0.05) is 47.7 Å². The Morgan fingerprint density at radius 1 is 0.932 bits per heavy atom. The van der Waals surface area contributed by atoms with Crippen LogP contribution in [0.3, 0.4) is 0 Å². The summed E-state index contributed by atoms with van der Waals surface area (Å²) in [5, 5.41) is 11.7. The van der Waals surface area contributed by atoms with Crippen LogP contribution in [-0.4, -0.2) is 49.1 Å². The normalized spacial score (nSPS) is 15.8. The molecular weight excluding hydrogens is 584 g/mol. The monoisotopic (exact) mass is 614 g/mol. The number of rotatable bonds is 9. The van der Waals surface area contributed by atoms with Gasteiger partial charge in [-0.3, -0.25) is 14.5 Å². The summed E-state index contributed by atoms with van der Waals surface area (Å²) in [5.74, 6) is -1.39. The Morgan fingerprint density at radius 2 is 1.64 bits per heavy atom. The Morgan fingerprint density at radius 3 is 2.30 bits per heavy atom. The zero-order valence-corrected chi connectivity index (χ0v) is 25.6. The number of ketones is 1. The van der Waals surface area contributed by atoms with E-state index in [1.165, 1.54) is 26.2 Å². The largest absolute Gasteiger partial charge is 0.507 e. The number of Topliss-reactive ketones (excluding diaryl/α,β-unsaturated/α-hetero) is 1. The minimum absolute atomic E-state index is 0.102. The molecule has 5 rings (SSSR count). The lowest BCUT2D eigenvalue weighted by Crippen LogP contribution is -2.29. The highest BCUT2D eigenvalue weighted by Crippen LogP contribution is 2.45. The predicted molar refractivity (Wildman–Crippen MR) is 164 cm³/mol. The zero-order valence-electron chi connectivity index (χ0n) is 24.7. The van der Waals surface area contributed by atoms with Crippen LogP contribution in [0, 0.1) is 13.8 Å². The molecule has 1 saturated heterocycles. The number of thiazole rings is 1. The topological polar surface area (TPSA) is 124 Å². The van der Waals surface area contributed by atoms with Gasteiger partial charge in [0.25, 0.3) is 5.78 Å². The summed E-state index contributed by atoms with van der Waals surface area (Å²) in [6, 6.07) is 18.6. The molecule has 0 aliphatic carbocycles. The Kier molecular flexibility index (Phi) is 8.68. The van der Waals surface area contributed by atoms with E-state index in [0.717, 1.165) is 22.5 Å². The van der Waals surface area contributed by atoms with Gasteiger partial charge in [0.2, 0.25) is 0 Å². The molecule has 11 heteroatoms. The third-order valence-corrected chi connectivity index (χ3v) is 8.35. The number of aryl methyl sites for hydroxylation is 2. The number of hydrogen-bond acceptors (Lipinski definition) is 10. The van der Waals surface area contributed by atoms with Crippen LogP contribution in [0.4, 0.5) is 5.13 Å². The molecule has 4 aromatic rings. The van der Waals surface area contributed by atoms with Crippen LogP contribution in [0.15, 0.2) is 72.3 Å². The smallest absolute Gasteiger partial charge is 0.350 e. The summed E-state index contributed by atoms with van der Waals surface area (Å²) in [4.78, 5) is 45.4. The third-order valence-electron chi connectivity index (χ3n) is 7.22. The number of benzene rings is 3. The third kappa shape index (κ3) is 5.61. The highest BCUT2D eigenvalue weighted by molar-refractivity contribution is 7.17. The summed E-state index contributed by atoms with van der Waals surface area (Å²) in [6.45, 7) is 3.80. The maximum Gasteiger partial charge on any atom is 0.350 e. The molecule has 1 aromatic heterocycles. The number of anilines is 1. The highest BCUT2D eigenvalue weighted by Gasteiger charge is 2.48. The van der Waals surface area contributed by atoms with Crippen molar-refractivity contribution in [2.75, 3.05) is 26.2 Å². The molecule has 10 nitrogen and oxygen atoms in total. The summed E-state index contributed by atoms with van der Waals surface area (Å²) < 4.78 is 21.7. The van der Waals surface area contributed by atoms with E-state index in [1.54, 1.807) is 43.3 Å². The predicted octanol–water partition coefficient (Wildman–Crippen LogP) is 5.77. The molecule has 1 amide bonds. The Labute approximate surface area is 258 Å². The van der Waals surface area contributed by atoms with Crippen LogP contribution in [0.25, 0.3) is 5.76 Å². The van der Waals surface area contributed by atoms with Gasteiger partial charge in [0.1, 0.15) is 23.0 Å². The minimum Gasteiger partial charge on any atom is -0.507 e. The Balaban J connectivity index is 1.61. The van der Waals surface area contributed by atoms with E-state index >= 15 is 0 Å². The van der Waals surface area contributed by atoms with E-state index in [4.69, 9.17) is 18.9 Å². The summed E-state index contributed by atoms with van der Waals surface area (Å²) >= 11 is 0.919. The molecule has 226 valence electrons. The van der Waals surface area contributed by atoms with Crippen LogP contribution >= 0.6 is 11.3 Å². The van der Waals surface area contributed by atoms with Crippen molar-refractivity contribution in [2.24, 2.45) is 0 Å². The molecule has 1 N–H and O–H groups in total. The van der Waals surface area contributed by atoms with E-state index in [0.29, 0.717) is 40.7 Å². The number of carbonyl (C=O) groups is 3. The quantitative estimate of drug-likeness (QED) is 0.108. The molecule has 0 saturated carbocycles.